The molecule has 1 saturated heterocycles. The highest BCUT2D eigenvalue weighted by Crippen LogP contribution is 2.24. The van der Waals surface area contributed by atoms with Gasteiger partial charge in [0.2, 0.25) is 5.91 Å². The molecule has 1 aliphatic rings. The van der Waals surface area contributed by atoms with Crippen molar-refractivity contribution in [1.29, 1.82) is 0 Å². The number of amides is 2. The quantitative estimate of drug-likeness (QED) is 0.538. The predicted molar refractivity (Wildman–Crippen MR) is 131 cm³/mol. The highest BCUT2D eigenvalue weighted by Gasteiger charge is 2.23. The van der Waals surface area contributed by atoms with Crippen molar-refractivity contribution in [2.45, 2.75) is 32.2 Å². The number of benzene rings is 2. The number of anilines is 2. The standard InChI is InChI=1S/C26H29N3O2S/c1-19-13-15-29(16-14-19)22-11-9-21(10-12-22)27-25(30)23(18-20-6-3-2-4-7-20)28-26(31)24-8-5-17-32-24/h2-12,17,19,23H,13-16,18H2,1H3,(H,27,30)(H,28,31)/t23-/m1/s1. The van der Waals surface area contributed by atoms with E-state index in [4.69, 9.17) is 0 Å². The first-order valence-electron chi connectivity index (χ1n) is 11.1. The molecule has 6 heteroatoms. The van der Waals surface area contributed by atoms with Gasteiger partial charge in [0, 0.05) is 30.9 Å². The molecule has 1 fully saturated rings. The van der Waals surface area contributed by atoms with Gasteiger partial charge in [-0.2, -0.15) is 0 Å². The third-order valence-electron chi connectivity index (χ3n) is 5.93. The van der Waals surface area contributed by atoms with Gasteiger partial charge >= 0.3 is 0 Å². The van der Waals surface area contributed by atoms with E-state index in [1.165, 1.54) is 29.9 Å². The van der Waals surface area contributed by atoms with Crippen molar-refractivity contribution in [3.05, 3.63) is 82.6 Å². The van der Waals surface area contributed by atoms with Crippen molar-refractivity contribution in [2.24, 2.45) is 5.92 Å². The lowest BCUT2D eigenvalue weighted by Crippen LogP contribution is -2.45. The molecule has 3 aromatic rings. The van der Waals surface area contributed by atoms with E-state index in [1.54, 1.807) is 6.07 Å². The number of hydrogen-bond donors (Lipinski definition) is 2. The van der Waals surface area contributed by atoms with Crippen LogP contribution in [0.3, 0.4) is 0 Å². The first kappa shape index (κ1) is 22.1. The molecule has 2 N–H and O–H groups in total. The summed E-state index contributed by atoms with van der Waals surface area (Å²) in [6.07, 6.45) is 2.85. The van der Waals surface area contributed by atoms with Gasteiger partial charge in [0.05, 0.1) is 4.88 Å². The van der Waals surface area contributed by atoms with Crippen LogP contribution in [-0.2, 0) is 11.2 Å². The number of carbonyl (C=O) groups is 2. The smallest absolute Gasteiger partial charge is 0.262 e. The molecule has 2 amide bonds. The maximum Gasteiger partial charge on any atom is 0.262 e. The van der Waals surface area contributed by atoms with E-state index in [9.17, 15) is 9.59 Å². The number of piperidine rings is 1. The minimum Gasteiger partial charge on any atom is -0.372 e. The summed E-state index contributed by atoms with van der Waals surface area (Å²) in [7, 11) is 0. The number of hydrogen-bond acceptors (Lipinski definition) is 4. The molecular formula is C26H29N3O2S. The maximum atomic E-state index is 13.1. The second-order valence-electron chi connectivity index (χ2n) is 8.40. The van der Waals surface area contributed by atoms with Crippen LogP contribution in [0.2, 0.25) is 0 Å². The van der Waals surface area contributed by atoms with Gasteiger partial charge in [0.1, 0.15) is 6.04 Å². The minimum absolute atomic E-state index is 0.224. The molecule has 0 saturated carbocycles. The van der Waals surface area contributed by atoms with Gasteiger partial charge in [-0.3, -0.25) is 9.59 Å². The summed E-state index contributed by atoms with van der Waals surface area (Å²) in [5, 5.41) is 7.74. The van der Waals surface area contributed by atoms with Crippen LogP contribution in [0, 0.1) is 5.92 Å². The summed E-state index contributed by atoms with van der Waals surface area (Å²) in [5.41, 5.74) is 2.91. The molecule has 0 bridgehead atoms. The lowest BCUT2D eigenvalue weighted by molar-refractivity contribution is -0.118. The first-order chi connectivity index (χ1) is 15.6. The Morgan fingerprint density at radius 1 is 1.00 bits per heavy atom. The summed E-state index contributed by atoms with van der Waals surface area (Å²) in [6, 6.07) is 20.6. The molecular weight excluding hydrogens is 418 g/mol. The van der Waals surface area contributed by atoms with Crippen molar-refractivity contribution in [3.8, 4) is 0 Å². The van der Waals surface area contributed by atoms with Crippen molar-refractivity contribution in [3.63, 3.8) is 0 Å². The van der Waals surface area contributed by atoms with Crippen LogP contribution in [0.15, 0.2) is 72.1 Å². The Hall–Kier alpha value is -3.12. The van der Waals surface area contributed by atoms with Crippen molar-refractivity contribution in [2.75, 3.05) is 23.3 Å². The van der Waals surface area contributed by atoms with E-state index in [0.29, 0.717) is 11.3 Å². The molecule has 5 nitrogen and oxygen atoms in total. The summed E-state index contributed by atoms with van der Waals surface area (Å²) < 4.78 is 0. The molecule has 0 aliphatic carbocycles. The normalized spacial score (nSPS) is 15.2. The molecule has 1 aromatic heterocycles. The van der Waals surface area contributed by atoms with Gasteiger partial charge in [-0.25, -0.2) is 0 Å². The lowest BCUT2D eigenvalue weighted by atomic mass is 9.99. The van der Waals surface area contributed by atoms with E-state index in [0.717, 1.165) is 30.3 Å². The Morgan fingerprint density at radius 2 is 1.72 bits per heavy atom. The Morgan fingerprint density at radius 3 is 2.38 bits per heavy atom. The van der Waals surface area contributed by atoms with Crippen LogP contribution in [0.25, 0.3) is 0 Å². The second kappa shape index (κ2) is 10.5. The van der Waals surface area contributed by atoms with Gasteiger partial charge in [-0.15, -0.1) is 11.3 Å². The molecule has 2 aromatic carbocycles. The molecule has 0 unspecified atom stereocenters. The molecule has 2 heterocycles. The Labute approximate surface area is 193 Å². The van der Waals surface area contributed by atoms with E-state index < -0.39 is 6.04 Å². The SMILES string of the molecule is CC1CCN(c2ccc(NC(=O)[C@@H](Cc3ccccc3)NC(=O)c3cccs3)cc2)CC1. The number of carbonyl (C=O) groups excluding carboxylic acids is 2. The number of thiophene rings is 1. The molecule has 0 spiro atoms. The number of nitrogens with one attached hydrogen (secondary N) is 2. The van der Waals surface area contributed by atoms with Crippen LogP contribution in [-0.4, -0.2) is 30.9 Å². The fraction of sp³-hybridized carbons (Fsp3) is 0.308. The van der Waals surface area contributed by atoms with Crippen molar-refractivity contribution in [1.82, 2.24) is 5.32 Å². The van der Waals surface area contributed by atoms with E-state index >= 15 is 0 Å². The summed E-state index contributed by atoms with van der Waals surface area (Å²) >= 11 is 1.36. The zero-order valence-electron chi connectivity index (χ0n) is 18.3. The fourth-order valence-corrected chi connectivity index (χ4v) is 4.57. The molecule has 32 heavy (non-hydrogen) atoms. The predicted octanol–water partition coefficient (Wildman–Crippen LogP) is 4.96. The van der Waals surface area contributed by atoms with Crippen LogP contribution < -0.4 is 15.5 Å². The van der Waals surface area contributed by atoms with Crippen LogP contribution >= 0.6 is 11.3 Å². The van der Waals surface area contributed by atoms with Gasteiger partial charge in [-0.05, 0) is 60.0 Å². The lowest BCUT2D eigenvalue weighted by Gasteiger charge is -2.32. The molecule has 1 atom stereocenters. The largest absolute Gasteiger partial charge is 0.372 e. The highest BCUT2D eigenvalue weighted by molar-refractivity contribution is 7.12. The van der Waals surface area contributed by atoms with Crippen LogP contribution in [0.4, 0.5) is 11.4 Å². The summed E-state index contributed by atoms with van der Waals surface area (Å²) in [6.45, 7) is 4.45. The highest BCUT2D eigenvalue weighted by atomic mass is 32.1. The maximum absolute atomic E-state index is 13.1. The van der Waals surface area contributed by atoms with Gasteiger partial charge in [0.25, 0.3) is 5.91 Å². The Balaban J connectivity index is 1.43. The van der Waals surface area contributed by atoms with Gasteiger partial charge < -0.3 is 15.5 Å². The average molecular weight is 448 g/mol. The van der Waals surface area contributed by atoms with E-state index in [1.807, 2.05) is 53.9 Å². The number of nitrogens with zero attached hydrogens (tertiary/aromatic N) is 1. The number of rotatable bonds is 7. The molecule has 0 radical (unpaired) electrons. The summed E-state index contributed by atoms with van der Waals surface area (Å²) in [4.78, 5) is 28.7. The summed E-state index contributed by atoms with van der Waals surface area (Å²) in [5.74, 6) is 0.333. The van der Waals surface area contributed by atoms with Crippen molar-refractivity contribution < 1.29 is 9.59 Å². The fourth-order valence-electron chi connectivity index (χ4n) is 3.95. The van der Waals surface area contributed by atoms with E-state index in [-0.39, 0.29) is 11.8 Å². The zero-order valence-corrected chi connectivity index (χ0v) is 19.1. The topological polar surface area (TPSA) is 61.4 Å². The Bertz CT molecular complexity index is 1010. The second-order valence-corrected chi connectivity index (χ2v) is 9.35. The van der Waals surface area contributed by atoms with E-state index in [2.05, 4.69) is 34.6 Å². The third kappa shape index (κ3) is 5.77. The zero-order chi connectivity index (χ0) is 22.3. The van der Waals surface area contributed by atoms with Crippen molar-refractivity contribution >= 4 is 34.5 Å². The Kier molecular flexibility index (Phi) is 7.22. The molecule has 4 rings (SSSR count). The van der Waals surface area contributed by atoms with Crippen LogP contribution in [0.5, 0.6) is 0 Å². The monoisotopic (exact) mass is 447 g/mol. The average Bonchev–Trinajstić information content (AvgIpc) is 3.36. The molecule has 1 aliphatic heterocycles. The van der Waals surface area contributed by atoms with Gasteiger partial charge in [-0.1, -0.05) is 43.3 Å². The molecule has 166 valence electrons. The van der Waals surface area contributed by atoms with Gasteiger partial charge in [0.15, 0.2) is 0 Å². The minimum atomic E-state index is -0.671. The van der Waals surface area contributed by atoms with Crippen LogP contribution in [0.1, 0.15) is 35.0 Å². The first-order valence-corrected chi connectivity index (χ1v) is 12.0. The third-order valence-corrected chi connectivity index (χ3v) is 6.80.